The lowest BCUT2D eigenvalue weighted by molar-refractivity contribution is 0.0989. The van der Waals surface area contributed by atoms with E-state index in [9.17, 15) is 13.2 Å². The zero-order valence-electron chi connectivity index (χ0n) is 16.4. The predicted molar refractivity (Wildman–Crippen MR) is 118 cm³/mol. The largest absolute Gasteiger partial charge is 0.308 e. The topological polar surface area (TPSA) is 66.5 Å². The summed E-state index contributed by atoms with van der Waals surface area (Å²) in [7, 11) is -3.63. The molecule has 0 atom stereocenters. The third kappa shape index (κ3) is 4.26. The summed E-state index contributed by atoms with van der Waals surface area (Å²) >= 11 is 5.83. The highest BCUT2D eigenvalue weighted by atomic mass is 35.5. The monoisotopic (exact) mass is 440 g/mol. The minimum atomic E-state index is -3.63. The van der Waals surface area contributed by atoms with Crippen LogP contribution in [0, 0.1) is 6.92 Å². The number of benzene rings is 3. The van der Waals surface area contributed by atoms with E-state index < -0.39 is 10.0 Å². The Labute approximate surface area is 181 Å². The van der Waals surface area contributed by atoms with E-state index in [0.717, 1.165) is 28.8 Å². The van der Waals surface area contributed by atoms with Gasteiger partial charge in [0.2, 0.25) is 10.0 Å². The van der Waals surface area contributed by atoms with Crippen molar-refractivity contribution in [2.45, 2.75) is 24.8 Å². The van der Waals surface area contributed by atoms with Crippen molar-refractivity contribution in [1.29, 1.82) is 0 Å². The van der Waals surface area contributed by atoms with Gasteiger partial charge in [-0.2, -0.15) is 0 Å². The molecule has 1 N–H and O–H groups in total. The van der Waals surface area contributed by atoms with Gasteiger partial charge in [0.1, 0.15) is 0 Å². The molecule has 3 aromatic rings. The van der Waals surface area contributed by atoms with Crippen molar-refractivity contribution in [3.05, 3.63) is 94.0 Å². The normalized spacial score (nSPS) is 13.3. The van der Waals surface area contributed by atoms with Crippen molar-refractivity contribution in [3.8, 4) is 0 Å². The fourth-order valence-electron chi connectivity index (χ4n) is 3.59. The van der Waals surface area contributed by atoms with Gasteiger partial charge in [0.15, 0.2) is 0 Å². The quantitative estimate of drug-likeness (QED) is 0.642. The molecule has 0 bridgehead atoms. The van der Waals surface area contributed by atoms with Gasteiger partial charge < -0.3 is 4.90 Å². The van der Waals surface area contributed by atoms with E-state index in [1.807, 2.05) is 49.4 Å². The number of carbonyl (C=O) groups excluding carboxylic acids is 1. The maximum atomic E-state index is 12.9. The Morgan fingerprint density at radius 3 is 2.57 bits per heavy atom. The molecular formula is C23H21ClN2O3S. The van der Waals surface area contributed by atoms with Crippen LogP contribution in [0.25, 0.3) is 0 Å². The van der Waals surface area contributed by atoms with Crippen LogP contribution in [0.3, 0.4) is 0 Å². The zero-order valence-corrected chi connectivity index (χ0v) is 18.0. The van der Waals surface area contributed by atoms with Crippen molar-refractivity contribution in [3.63, 3.8) is 0 Å². The molecular weight excluding hydrogens is 420 g/mol. The molecule has 154 valence electrons. The number of rotatable bonds is 5. The fraction of sp³-hybridized carbons (Fsp3) is 0.174. The van der Waals surface area contributed by atoms with E-state index >= 15 is 0 Å². The summed E-state index contributed by atoms with van der Waals surface area (Å²) in [5.41, 5.74) is 4.48. The Balaban J connectivity index is 1.48. The Morgan fingerprint density at radius 1 is 1.07 bits per heavy atom. The van der Waals surface area contributed by atoms with Gasteiger partial charge in [0.25, 0.3) is 5.91 Å². The molecule has 0 radical (unpaired) electrons. The minimum absolute atomic E-state index is 0.0198. The number of halogens is 1. The summed E-state index contributed by atoms with van der Waals surface area (Å²) in [4.78, 5) is 14.9. The second-order valence-electron chi connectivity index (χ2n) is 7.32. The number of hydrogen-bond acceptors (Lipinski definition) is 3. The molecule has 4 rings (SSSR count). The number of hydrogen-bond donors (Lipinski definition) is 1. The Morgan fingerprint density at radius 2 is 1.83 bits per heavy atom. The first-order valence-electron chi connectivity index (χ1n) is 9.59. The molecule has 7 heteroatoms. The van der Waals surface area contributed by atoms with E-state index in [4.69, 9.17) is 11.6 Å². The first-order valence-corrected chi connectivity index (χ1v) is 11.5. The molecule has 5 nitrogen and oxygen atoms in total. The first-order chi connectivity index (χ1) is 14.3. The molecule has 0 aliphatic carbocycles. The number of aryl methyl sites for hydroxylation is 1. The maximum Gasteiger partial charge on any atom is 0.258 e. The van der Waals surface area contributed by atoms with Crippen LogP contribution >= 0.6 is 11.6 Å². The summed E-state index contributed by atoms with van der Waals surface area (Å²) < 4.78 is 27.6. The average molecular weight is 441 g/mol. The summed E-state index contributed by atoms with van der Waals surface area (Å²) in [6.07, 6.45) is 0.741. The third-order valence-corrected chi connectivity index (χ3v) is 6.81. The Kier molecular flexibility index (Phi) is 5.64. The summed E-state index contributed by atoms with van der Waals surface area (Å²) in [6, 6.07) is 19.3. The molecule has 30 heavy (non-hydrogen) atoms. The summed E-state index contributed by atoms with van der Waals surface area (Å²) in [6.45, 7) is 2.75. The lowest BCUT2D eigenvalue weighted by Gasteiger charge is -2.18. The highest BCUT2D eigenvalue weighted by molar-refractivity contribution is 7.89. The number of sulfonamides is 1. The van der Waals surface area contributed by atoms with Gasteiger partial charge in [-0.15, -0.1) is 0 Å². The third-order valence-electron chi connectivity index (χ3n) is 5.14. The SMILES string of the molecule is Cc1cccc(C(=O)N2CCc3cc(CNS(=O)(=O)c4ccc(Cl)cc4)ccc32)c1. The van der Waals surface area contributed by atoms with Gasteiger partial charge in [-0.25, -0.2) is 13.1 Å². The number of carbonyl (C=O) groups is 1. The smallest absolute Gasteiger partial charge is 0.258 e. The molecule has 0 saturated heterocycles. The van der Waals surface area contributed by atoms with Gasteiger partial charge in [0, 0.05) is 29.4 Å². The van der Waals surface area contributed by atoms with Crippen LogP contribution in [0.2, 0.25) is 5.02 Å². The molecule has 0 unspecified atom stereocenters. The second-order valence-corrected chi connectivity index (χ2v) is 9.52. The molecule has 1 heterocycles. The first kappa shape index (κ1) is 20.6. The highest BCUT2D eigenvalue weighted by Gasteiger charge is 2.26. The Bertz CT molecular complexity index is 1210. The summed E-state index contributed by atoms with van der Waals surface area (Å²) in [5, 5.41) is 0.484. The van der Waals surface area contributed by atoms with Gasteiger partial charge in [-0.3, -0.25) is 4.79 Å². The molecule has 0 saturated carbocycles. The number of amides is 1. The number of nitrogens with one attached hydrogen (secondary N) is 1. The molecule has 0 fully saturated rings. The molecule has 3 aromatic carbocycles. The standard InChI is InChI=1S/C23H21ClN2O3S/c1-16-3-2-4-19(13-16)23(27)26-12-11-18-14-17(5-10-22(18)26)15-25-30(28,29)21-8-6-20(24)7-9-21/h2-10,13-14,25H,11-12,15H2,1H3. The lowest BCUT2D eigenvalue weighted by Crippen LogP contribution is -2.28. The van der Waals surface area contributed by atoms with E-state index in [2.05, 4.69) is 4.72 Å². The van der Waals surface area contributed by atoms with Crippen LogP contribution in [0.4, 0.5) is 5.69 Å². The number of nitrogens with zero attached hydrogens (tertiary/aromatic N) is 1. The molecule has 1 aliphatic rings. The van der Waals surface area contributed by atoms with Crippen molar-refractivity contribution in [2.24, 2.45) is 0 Å². The van der Waals surface area contributed by atoms with Crippen molar-refractivity contribution < 1.29 is 13.2 Å². The van der Waals surface area contributed by atoms with Gasteiger partial charge >= 0.3 is 0 Å². The number of anilines is 1. The van der Waals surface area contributed by atoms with Crippen LogP contribution in [-0.2, 0) is 23.0 Å². The molecule has 1 amide bonds. The zero-order chi connectivity index (χ0) is 21.3. The van der Waals surface area contributed by atoms with Crippen LogP contribution in [0.15, 0.2) is 71.6 Å². The van der Waals surface area contributed by atoms with Crippen molar-refractivity contribution >= 4 is 33.2 Å². The molecule has 0 aromatic heterocycles. The summed E-state index contributed by atoms with van der Waals surface area (Å²) in [5.74, 6) is -0.0198. The van der Waals surface area contributed by atoms with Crippen LogP contribution in [-0.4, -0.2) is 20.9 Å². The molecule has 0 spiro atoms. The average Bonchev–Trinajstić information content (AvgIpc) is 3.15. The van der Waals surface area contributed by atoms with E-state index in [-0.39, 0.29) is 17.3 Å². The number of fused-ring (bicyclic) bond motifs is 1. The van der Waals surface area contributed by atoms with Gasteiger partial charge in [-0.05, 0) is 66.9 Å². The van der Waals surface area contributed by atoms with Crippen molar-refractivity contribution in [1.82, 2.24) is 4.72 Å². The highest BCUT2D eigenvalue weighted by Crippen LogP contribution is 2.30. The van der Waals surface area contributed by atoms with E-state index in [1.165, 1.54) is 12.1 Å². The lowest BCUT2D eigenvalue weighted by atomic mass is 10.1. The second kappa shape index (κ2) is 8.22. The fourth-order valence-corrected chi connectivity index (χ4v) is 4.73. The van der Waals surface area contributed by atoms with Crippen LogP contribution in [0.1, 0.15) is 27.0 Å². The molecule has 1 aliphatic heterocycles. The van der Waals surface area contributed by atoms with E-state index in [1.54, 1.807) is 17.0 Å². The minimum Gasteiger partial charge on any atom is -0.308 e. The van der Waals surface area contributed by atoms with Crippen molar-refractivity contribution in [2.75, 3.05) is 11.4 Å². The van der Waals surface area contributed by atoms with Crippen LogP contribution < -0.4 is 9.62 Å². The van der Waals surface area contributed by atoms with E-state index in [0.29, 0.717) is 17.1 Å². The van der Waals surface area contributed by atoms with Gasteiger partial charge in [0.05, 0.1) is 4.90 Å². The predicted octanol–water partition coefficient (Wildman–Crippen LogP) is 4.33. The maximum absolute atomic E-state index is 12.9. The van der Waals surface area contributed by atoms with Crippen LogP contribution in [0.5, 0.6) is 0 Å². The van der Waals surface area contributed by atoms with Gasteiger partial charge in [-0.1, -0.05) is 41.4 Å². The Hall–Kier alpha value is -2.67.